The number of likely N-dealkylation sites (tertiary alicyclic amines) is 1. The van der Waals surface area contributed by atoms with Gasteiger partial charge in [0.15, 0.2) is 11.5 Å². The molecule has 0 bridgehead atoms. The van der Waals surface area contributed by atoms with Gasteiger partial charge in [-0.25, -0.2) is 0 Å². The number of carbonyl (C=O) groups is 1. The van der Waals surface area contributed by atoms with Gasteiger partial charge in [-0.15, -0.1) is 0 Å². The van der Waals surface area contributed by atoms with Crippen LogP contribution in [0.5, 0.6) is 11.5 Å². The Morgan fingerprint density at radius 1 is 1.23 bits per heavy atom. The van der Waals surface area contributed by atoms with E-state index in [0.717, 1.165) is 11.1 Å². The van der Waals surface area contributed by atoms with Gasteiger partial charge in [0.25, 0.3) is 0 Å². The summed E-state index contributed by atoms with van der Waals surface area (Å²) in [7, 11) is 1.59. The third-order valence-corrected chi connectivity index (χ3v) is 5.51. The van der Waals surface area contributed by atoms with Crippen LogP contribution in [0.4, 0.5) is 0 Å². The highest BCUT2D eigenvalue weighted by Gasteiger charge is 2.36. The maximum absolute atomic E-state index is 12.5. The maximum atomic E-state index is 12.5. The molecule has 1 unspecified atom stereocenters. The molecule has 3 aromatic rings. The van der Waals surface area contributed by atoms with Gasteiger partial charge in [-0.05, 0) is 50.1 Å². The van der Waals surface area contributed by atoms with Crippen molar-refractivity contribution in [2.45, 2.75) is 45.4 Å². The predicted molar refractivity (Wildman–Crippen MR) is 116 cm³/mol. The fourth-order valence-electron chi connectivity index (χ4n) is 3.64. The normalized spacial score (nSPS) is 16.2. The lowest BCUT2D eigenvalue weighted by atomic mass is 10.1. The Morgan fingerprint density at radius 3 is 2.77 bits per heavy atom. The minimum absolute atomic E-state index is 0.0283. The van der Waals surface area contributed by atoms with Gasteiger partial charge in [-0.3, -0.25) is 4.79 Å². The van der Waals surface area contributed by atoms with Gasteiger partial charge in [0.2, 0.25) is 17.6 Å². The molecule has 162 valence electrons. The van der Waals surface area contributed by atoms with Crippen LogP contribution in [-0.2, 0) is 11.3 Å². The Hall–Kier alpha value is -3.06. The van der Waals surface area contributed by atoms with Crippen molar-refractivity contribution in [2.75, 3.05) is 7.11 Å². The molecular weight excluding hydrogens is 418 g/mol. The van der Waals surface area contributed by atoms with Crippen molar-refractivity contribution in [1.29, 1.82) is 0 Å². The zero-order valence-corrected chi connectivity index (χ0v) is 18.4. The molecule has 0 aliphatic carbocycles. The van der Waals surface area contributed by atoms with E-state index < -0.39 is 0 Å². The van der Waals surface area contributed by atoms with Crippen LogP contribution in [0.15, 0.2) is 47.0 Å². The highest BCUT2D eigenvalue weighted by atomic mass is 35.5. The third kappa shape index (κ3) is 4.51. The molecule has 0 radical (unpaired) electrons. The van der Waals surface area contributed by atoms with Gasteiger partial charge in [-0.1, -0.05) is 35.0 Å². The molecule has 1 aromatic heterocycles. The molecule has 0 saturated carbocycles. The fourth-order valence-corrected chi connectivity index (χ4v) is 3.84. The molecule has 1 atom stereocenters. The van der Waals surface area contributed by atoms with Crippen molar-refractivity contribution in [2.24, 2.45) is 0 Å². The van der Waals surface area contributed by atoms with Crippen LogP contribution in [-0.4, -0.2) is 34.2 Å². The molecule has 8 heteroatoms. The molecule has 7 nitrogen and oxygen atoms in total. The summed E-state index contributed by atoms with van der Waals surface area (Å²) >= 11 is 6.29. The first-order valence-electron chi connectivity index (χ1n) is 10.2. The number of aromatic nitrogens is 2. The Bertz CT molecular complexity index is 1080. The fraction of sp³-hybridized carbons (Fsp3) is 0.348. The van der Waals surface area contributed by atoms with Crippen molar-refractivity contribution in [3.8, 4) is 22.9 Å². The van der Waals surface area contributed by atoms with Gasteiger partial charge in [-0.2, -0.15) is 4.98 Å². The van der Waals surface area contributed by atoms with E-state index in [9.17, 15) is 4.79 Å². The van der Waals surface area contributed by atoms with E-state index in [1.54, 1.807) is 12.0 Å². The number of methoxy groups -OCH3 is 1. The van der Waals surface area contributed by atoms with Crippen molar-refractivity contribution >= 4 is 17.5 Å². The molecule has 1 fully saturated rings. The van der Waals surface area contributed by atoms with Crippen molar-refractivity contribution in [3.05, 3.63) is 58.9 Å². The molecule has 0 spiro atoms. The SMILES string of the molecule is COc1cc(-c2noc(C3CCC(=O)N3Cc3ccccc3Cl)n2)ccc1OC(C)C. The highest BCUT2D eigenvalue weighted by molar-refractivity contribution is 6.31. The Kier molecular flexibility index (Phi) is 6.13. The lowest BCUT2D eigenvalue weighted by Gasteiger charge is -2.22. The number of ether oxygens (including phenoxy) is 2. The molecule has 1 aliphatic heterocycles. The van der Waals surface area contributed by atoms with E-state index in [1.165, 1.54) is 0 Å². The van der Waals surface area contributed by atoms with Gasteiger partial charge in [0.05, 0.1) is 13.2 Å². The van der Waals surface area contributed by atoms with Crippen LogP contribution in [0.3, 0.4) is 0 Å². The highest BCUT2D eigenvalue weighted by Crippen LogP contribution is 2.36. The van der Waals surface area contributed by atoms with Crippen LogP contribution in [0.1, 0.15) is 44.2 Å². The number of nitrogens with zero attached hydrogens (tertiary/aromatic N) is 3. The first-order chi connectivity index (χ1) is 15.0. The summed E-state index contributed by atoms with van der Waals surface area (Å²) in [4.78, 5) is 18.8. The van der Waals surface area contributed by atoms with Crippen LogP contribution in [0, 0.1) is 0 Å². The Balaban J connectivity index is 1.58. The molecule has 1 amide bonds. The van der Waals surface area contributed by atoms with Gasteiger partial charge >= 0.3 is 0 Å². The van der Waals surface area contributed by atoms with E-state index in [1.807, 2.05) is 56.3 Å². The summed E-state index contributed by atoms with van der Waals surface area (Å²) in [5.74, 6) is 2.13. The number of carbonyl (C=O) groups excluding carboxylic acids is 1. The molecule has 1 saturated heterocycles. The summed E-state index contributed by atoms with van der Waals surface area (Å²) in [5, 5.41) is 4.76. The molecular formula is C23H24ClN3O4. The number of rotatable bonds is 7. The number of halogens is 1. The van der Waals surface area contributed by atoms with Gasteiger partial charge in [0.1, 0.15) is 6.04 Å². The molecule has 31 heavy (non-hydrogen) atoms. The second-order valence-electron chi connectivity index (χ2n) is 7.66. The van der Waals surface area contributed by atoms with Crippen LogP contribution in [0.25, 0.3) is 11.4 Å². The first kappa shape index (κ1) is 21.2. The van der Waals surface area contributed by atoms with E-state index in [4.69, 9.17) is 25.6 Å². The zero-order chi connectivity index (χ0) is 22.0. The van der Waals surface area contributed by atoms with E-state index in [2.05, 4.69) is 10.1 Å². The summed E-state index contributed by atoms with van der Waals surface area (Å²) in [6.45, 7) is 4.31. The number of hydrogen-bond donors (Lipinski definition) is 0. The van der Waals surface area contributed by atoms with Crippen molar-refractivity contribution in [3.63, 3.8) is 0 Å². The molecule has 2 heterocycles. The lowest BCUT2D eigenvalue weighted by molar-refractivity contribution is -0.129. The molecule has 1 aliphatic rings. The van der Waals surface area contributed by atoms with E-state index in [0.29, 0.717) is 47.6 Å². The molecule has 4 rings (SSSR count). The first-order valence-corrected chi connectivity index (χ1v) is 10.6. The summed E-state index contributed by atoms with van der Waals surface area (Å²) in [5.41, 5.74) is 1.62. The zero-order valence-electron chi connectivity index (χ0n) is 17.7. The third-order valence-electron chi connectivity index (χ3n) is 5.14. The smallest absolute Gasteiger partial charge is 0.249 e. The standard InChI is InChI=1S/C23H24ClN3O4/c1-14(2)30-19-10-8-15(12-20(19)29-3)22-25-23(31-26-22)18-9-11-21(28)27(18)13-16-6-4-5-7-17(16)24/h4-8,10,12,14,18H,9,11,13H2,1-3H3. The average Bonchev–Trinajstić information content (AvgIpc) is 3.37. The lowest BCUT2D eigenvalue weighted by Crippen LogP contribution is -2.27. The second-order valence-corrected chi connectivity index (χ2v) is 8.06. The van der Waals surface area contributed by atoms with Gasteiger partial charge in [0, 0.05) is 23.6 Å². The Labute approximate surface area is 185 Å². The van der Waals surface area contributed by atoms with Crippen molar-refractivity contribution in [1.82, 2.24) is 15.0 Å². The van der Waals surface area contributed by atoms with Crippen LogP contribution in [0.2, 0.25) is 5.02 Å². The predicted octanol–water partition coefficient (Wildman–Crippen LogP) is 5.05. The summed E-state index contributed by atoms with van der Waals surface area (Å²) in [6.07, 6.45) is 1.08. The largest absolute Gasteiger partial charge is 0.493 e. The maximum Gasteiger partial charge on any atom is 0.249 e. The van der Waals surface area contributed by atoms with E-state index in [-0.39, 0.29) is 18.1 Å². The summed E-state index contributed by atoms with van der Waals surface area (Å²) < 4.78 is 16.8. The number of benzene rings is 2. The minimum atomic E-state index is -0.282. The van der Waals surface area contributed by atoms with Crippen molar-refractivity contribution < 1.29 is 18.8 Å². The number of amides is 1. The molecule has 0 N–H and O–H groups in total. The number of hydrogen-bond acceptors (Lipinski definition) is 6. The quantitative estimate of drug-likeness (QED) is 0.510. The minimum Gasteiger partial charge on any atom is -0.493 e. The topological polar surface area (TPSA) is 77.7 Å². The average molecular weight is 442 g/mol. The molecule has 2 aromatic carbocycles. The summed E-state index contributed by atoms with van der Waals surface area (Å²) in [6, 6.07) is 12.7. The van der Waals surface area contributed by atoms with E-state index >= 15 is 0 Å². The Morgan fingerprint density at radius 2 is 2.03 bits per heavy atom. The van der Waals surface area contributed by atoms with Gasteiger partial charge < -0.3 is 18.9 Å². The van der Waals surface area contributed by atoms with Crippen LogP contribution >= 0.6 is 11.6 Å². The van der Waals surface area contributed by atoms with Crippen LogP contribution < -0.4 is 9.47 Å². The second kappa shape index (κ2) is 8.98. The monoisotopic (exact) mass is 441 g/mol.